The monoisotopic (exact) mass is 335 g/mol. The molecule has 2 fully saturated rings. The van der Waals surface area contributed by atoms with E-state index in [0.29, 0.717) is 11.5 Å². The third-order valence-corrected chi connectivity index (χ3v) is 5.58. The first-order valence-corrected chi connectivity index (χ1v) is 9.29. The maximum atomic E-state index is 6.24. The Morgan fingerprint density at radius 1 is 1.38 bits per heavy atom. The summed E-state index contributed by atoms with van der Waals surface area (Å²) < 4.78 is 8.41. The molecule has 0 unspecified atom stereocenters. The highest BCUT2D eigenvalue weighted by molar-refractivity contribution is 4.99. The molecular formula is C18H33N5O. The largest absolute Gasteiger partial charge is 0.374 e. The number of aromatic nitrogens is 3. The van der Waals surface area contributed by atoms with Gasteiger partial charge in [-0.15, -0.1) is 0 Å². The number of likely N-dealkylation sites (N-methyl/N-ethyl adjacent to an activating group) is 2. The van der Waals surface area contributed by atoms with E-state index in [4.69, 9.17) is 4.74 Å². The second-order valence-electron chi connectivity index (χ2n) is 8.51. The molecule has 0 radical (unpaired) electrons. The first-order chi connectivity index (χ1) is 11.4. The van der Waals surface area contributed by atoms with Gasteiger partial charge in [0.05, 0.1) is 24.8 Å². The molecule has 0 aromatic carbocycles. The molecule has 1 spiro atoms. The Balaban J connectivity index is 1.58. The molecule has 24 heavy (non-hydrogen) atoms. The van der Waals surface area contributed by atoms with Gasteiger partial charge < -0.3 is 10.1 Å². The minimum atomic E-state index is 0.129. The molecule has 6 heteroatoms. The van der Waals surface area contributed by atoms with Crippen molar-refractivity contribution >= 4 is 0 Å². The van der Waals surface area contributed by atoms with Crippen molar-refractivity contribution in [3.8, 4) is 0 Å². The number of ether oxygens (including phenoxy) is 1. The number of hydrogen-bond acceptors (Lipinski definition) is 5. The fourth-order valence-electron chi connectivity index (χ4n) is 4.33. The molecule has 1 aliphatic heterocycles. The van der Waals surface area contributed by atoms with Crippen LogP contribution in [0.4, 0.5) is 0 Å². The van der Waals surface area contributed by atoms with Gasteiger partial charge in [0, 0.05) is 13.1 Å². The van der Waals surface area contributed by atoms with Crippen LogP contribution in [-0.2, 0) is 11.3 Å². The average Bonchev–Trinajstić information content (AvgIpc) is 3.11. The minimum Gasteiger partial charge on any atom is -0.374 e. The Hall–Kier alpha value is -0.980. The van der Waals surface area contributed by atoms with Crippen molar-refractivity contribution in [2.75, 3.05) is 33.8 Å². The standard InChI is InChI=1S/C18H33N5O/c1-17(2)12-18(24-13-17)7-5-15(6-8-18)23-16(20-14-21-23)11-22(4)10-9-19-3/h14-15,19H,5-13H2,1-4H3/t15-,18+. The maximum absolute atomic E-state index is 6.24. The lowest BCUT2D eigenvalue weighted by atomic mass is 9.75. The summed E-state index contributed by atoms with van der Waals surface area (Å²) in [5.41, 5.74) is 0.464. The molecule has 0 amide bonds. The van der Waals surface area contributed by atoms with Crippen molar-refractivity contribution in [2.45, 2.75) is 64.1 Å². The number of nitrogens with zero attached hydrogens (tertiary/aromatic N) is 4. The average molecular weight is 335 g/mol. The van der Waals surface area contributed by atoms with E-state index in [1.54, 1.807) is 6.33 Å². The summed E-state index contributed by atoms with van der Waals surface area (Å²) in [5, 5.41) is 7.73. The third kappa shape index (κ3) is 3.98. The van der Waals surface area contributed by atoms with Gasteiger partial charge in [-0.25, -0.2) is 9.67 Å². The van der Waals surface area contributed by atoms with Gasteiger partial charge in [-0.3, -0.25) is 4.90 Å². The summed E-state index contributed by atoms with van der Waals surface area (Å²) in [6.45, 7) is 8.41. The second-order valence-corrected chi connectivity index (χ2v) is 8.51. The Morgan fingerprint density at radius 2 is 2.12 bits per heavy atom. The first-order valence-electron chi connectivity index (χ1n) is 9.29. The number of rotatable bonds is 6. The van der Waals surface area contributed by atoms with E-state index in [1.807, 2.05) is 7.05 Å². The smallest absolute Gasteiger partial charge is 0.141 e. The molecule has 0 atom stereocenters. The van der Waals surface area contributed by atoms with Crippen LogP contribution >= 0.6 is 0 Å². The minimum absolute atomic E-state index is 0.129. The van der Waals surface area contributed by atoms with Crippen molar-refractivity contribution in [1.82, 2.24) is 25.0 Å². The van der Waals surface area contributed by atoms with Gasteiger partial charge in [0.25, 0.3) is 0 Å². The Bertz CT molecular complexity index is 533. The van der Waals surface area contributed by atoms with Gasteiger partial charge in [-0.05, 0) is 51.6 Å². The summed E-state index contributed by atoms with van der Waals surface area (Å²) in [4.78, 5) is 6.81. The predicted octanol–water partition coefficient (Wildman–Crippen LogP) is 2.23. The molecule has 1 N–H and O–H groups in total. The lowest BCUT2D eigenvalue weighted by Gasteiger charge is -2.37. The Labute approximate surface area is 146 Å². The summed E-state index contributed by atoms with van der Waals surface area (Å²) >= 11 is 0. The molecule has 0 bridgehead atoms. The molecule has 1 aliphatic carbocycles. The SMILES string of the molecule is CNCCN(C)Cc1ncnn1[C@H]1CC[C@@]2(CC1)CC(C)(C)CO2. The van der Waals surface area contributed by atoms with E-state index in [1.165, 1.54) is 6.42 Å². The molecular weight excluding hydrogens is 302 g/mol. The van der Waals surface area contributed by atoms with E-state index < -0.39 is 0 Å². The molecule has 2 heterocycles. The second kappa shape index (κ2) is 7.10. The lowest BCUT2D eigenvalue weighted by Crippen LogP contribution is -2.36. The Morgan fingerprint density at radius 3 is 2.75 bits per heavy atom. The molecule has 1 saturated carbocycles. The zero-order valence-electron chi connectivity index (χ0n) is 15.7. The highest BCUT2D eigenvalue weighted by atomic mass is 16.5. The highest BCUT2D eigenvalue weighted by Crippen LogP contribution is 2.48. The quantitative estimate of drug-likeness (QED) is 0.864. The summed E-state index contributed by atoms with van der Waals surface area (Å²) in [5.74, 6) is 1.09. The molecule has 1 aromatic heterocycles. The van der Waals surface area contributed by atoms with Crippen LogP contribution in [0, 0.1) is 5.41 Å². The van der Waals surface area contributed by atoms with Crippen LogP contribution in [0.3, 0.4) is 0 Å². The first kappa shape index (κ1) is 17.8. The summed E-state index contributed by atoms with van der Waals surface area (Å²) in [7, 11) is 4.13. The van der Waals surface area contributed by atoms with E-state index in [9.17, 15) is 0 Å². The maximum Gasteiger partial charge on any atom is 0.141 e. The van der Waals surface area contributed by atoms with Crippen LogP contribution in [0.2, 0.25) is 0 Å². The van der Waals surface area contributed by atoms with Crippen molar-refractivity contribution < 1.29 is 4.74 Å². The molecule has 1 aromatic rings. The molecule has 1 saturated heterocycles. The van der Waals surface area contributed by atoms with E-state index in [0.717, 1.165) is 57.7 Å². The third-order valence-electron chi connectivity index (χ3n) is 5.58. The molecule has 136 valence electrons. The van der Waals surface area contributed by atoms with Gasteiger partial charge in [0.1, 0.15) is 12.2 Å². The van der Waals surface area contributed by atoms with Crippen LogP contribution in [0.15, 0.2) is 6.33 Å². The molecule has 6 nitrogen and oxygen atoms in total. The van der Waals surface area contributed by atoms with Crippen LogP contribution < -0.4 is 5.32 Å². The van der Waals surface area contributed by atoms with Crippen molar-refractivity contribution in [2.24, 2.45) is 5.41 Å². The lowest BCUT2D eigenvalue weighted by molar-refractivity contribution is -0.0354. The van der Waals surface area contributed by atoms with Gasteiger partial charge in [-0.1, -0.05) is 13.8 Å². The summed E-state index contributed by atoms with van der Waals surface area (Å²) in [6, 6.07) is 0.470. The van der Waals surface area contributed by atoms with Crippen LogP contribution in [0.25, 0.3) is 0 Å². The predicted molar refractivity (Wildman–Crippen MR) is 94.9 cm³/mol. The zero-order chi connectivity index (χ0) is 17.2. The van der Waals surface area contributed by atoms with Gasteiger partial charge >= 0.3 is 0 Å². The van der Waals surface area contributed by atoms with E-state index >= 15 is 0 Å². The van der Waals surface area contributed by atoms with Crippen molar-refractivity contribution in [3.63, 3.8) is 0 Å². The van der Waals surface area contributed by atoms with Gasteiger partial charge in [0.2, 0.25) is 0 Å². The highest BCUT2D eigenvalue weighted by Gasteiger charge is 2.46. The molecule has 2 aliphatic rings. The number of hydrogen-bond donors (Lipinski definition) is 1. The fourth-order valence-corrected chi connectivity index (χ4v) is 4.33. The molecule has 3 rings (SSSR count). The number of nitrogens with one attached hydrogen (secondary N) is 1. The van der Waals surface area contributed by atoms with Gasteiger partial charge in [0.15, 0.2) is 0 Å². The van der Waals surface area contributed by atoms with E-state index in [-0.39, 0.29) is 5.60 Å². The van der Waals surface area contributed by atoms with Crippen LogP contribution in [0.5, 0.6) is 0 Å². The van der Waals surface area contributed by atoms with Crippen LogP contribution in [-0.4, -0.2) is 59.1 Å². The van der Waals surface area contributed by atoms with Crippen LogP contribution in [0.1, 0.15) is 57.8 Å². The Kier molecular flexibility index (Phi) is 5.27. The fraction of sp³-hybridized carbons (Fsp3) is 0.889. The van der Waals surface area contributed by atoms with Crippen molar-refractivity contribution in [1.29, 1.82) is 0 Å². The van der Waals surface area contributed by atoms with Gasteiger partial charge in [-0.2, -0.15) is 5.10 Å². The van der Waals surface area contributed by atoms with E-state index in [2.05, 4.69) is 45.9 Å². The summed E-state index contributed by atoms with van der Waals surface area (Å²) in [6.07, 6.45) is 7.50. The van der Waals surface area contributed by atoms with Crippen molar-refractivity contribution in [3.05, 3.63) is 12.2 Å². The zero-order valence-corrected chi connectivity index (χ0v) is 15.7. The topological polar surface area (TPSA) is 55.2 Å². The normalized spacial score (nSPS) is 29.6.